The van der Waals surface area contributed by atoms with Crippen molar-refractivity contribution in [2.45, 2.75) is 33.2 Å². The normalized spacial score (nSPS) is 17.6. The van der Waals surface area contributed by atoms with Crippen LogP contribution in [-0.2, 0) is 6.54 Å². The van der Waals surface area contributed by atoms with E-state index in [9.17, 15) is 0 Å². The van der Waals surface area contributed by atoms with Gasteiger partial charge in [0.15, 0.2) is 0 Å². The Morgan fingerprint density at radius 3 is 2.40 bits per heavy atom. The molecule has 1 heterocycles. The first-order valence-electron chi connectivity index (χ1n) is 7.78. The Kier molecular flexibility index (Phi) is 6.02. The van der Waals surface area contributed by atoms with E-state index in [0.717, 1.165) is 45.6 Å². The van der Waals surface area contributed by atoms with Gasteiger partial charge in [-0.2, -0.15) is 0 Å². The standard InChI is InChI=1S/C17H28N2O/c1-14-9-15(2)11-17(10-14)12-18-5-8-19-6-3-16(13-20)4-7-19/h9-11,16,18,20H,3-8,12-13H2,1-2H3. The predicted molar refractivity (Wildman–Crippen MR) is 83.9 cm³/mol. The van der Waals surface area contributed by atoms with Crippen LogP contribution < -0.4 is 5.32 Å². The van der Waals surface area contributed by atoms with Crippen LogP contribution in [0.15, 0.2) is 18.2 Å². The van der Waals surface area contributed by atoms with E-state index in [1.165, 1.54) is 16.7 Å². The summed E-state index contributed by atoms with van der Waals surface area (Å²) in [6.45, 7) is 10.0. The van der Waals surface area contributed by atoms with Gasteiger partial charge in [0.05, 0.1) is 0 Å². The quantitative estimate of drug-likeness (QED) is 0.781. The number of hydrogen-bond acceptors (Lipinski definition) is 3. The van der Waals surface area contributed by atoms with Gasteiger partial charge in [-0.15, -0.1) is 0 Å². The Bertz CT molecular complexity index is 391. The van der Waals surface area contributed by atoms with Gasteiger partial charge in [-0.05, 0) is 51.3 Å². The molecule has 112 valence electrons. The second kappa shape index (κ2) is 7.77. The van der Waals surface area contributed by atoms with E-state index in [1.807, 2.05) is 0 Å². The predicted octanol–water partition coefficient (Wildman–Crippen LogP) is 2.10. The number of likely N-dealkylation sites (tertiary alicyclic amines) is 1. The molecule has 1 saturated heterocycles. The minimum Gasteiger partial charge on any atom is -0.396 e. The average molecular weight is 276 g/mol. The fraction of sp³-hybridized carbons (Fsp3) is 0.647. The van der Waals surface area contributed by atoms with Crippen molar-refractivity contribution < 1.29 is 5.11 Å². The van der Waals surface area contributed by atoms with Crippen LogP contribution in [0.5, 0.6) is 0 Å². The van der Waals surface area contributed by atoms with Crippen molar-refractivity contribution in [2.75, 3.05) is 32.8 Å². The third-order valence-corrected chi connectivity index (χ3v) is 4.18. The molecule has 2 N–H and O–H groups in total. The van der Waals surface area contributed by atoms with Crippen LogP contribution in [0.4, 0.5) is 0 Å². The van der Waals surface area contributed by atoms with E-state index < -0.39 is 0 Å². The first-order valence-corrected chi connectivity index (χ1v) is 7.78. The molecule has 1 aromatic rings. The summed E-state index contributed by atoms with van der Waals surface area (Å²) in [4.78, 5) is 2.50. The number of aliphatic hydroxyl groups excluding tert-OH is 1. The molecule has 1 fully saturated rings. The molecule has 20 heavy (non-hydrogen) atoms. The van der Waals surface area contributed by atoms with Crippen LogP contribution in [0.1, 0.15) is 29.5 Å². The van der Waals surface area contributed by atoms with Crippen molar-refractivity contribution in [2.24, 2.45) is 5.92 Å². The van der Waals surface area contributed by atoms with E-state index in [0.29, 0.717) is 12.5 Å². The minimum atomic E-state index is 0.360. The topological polar surface area (TPSA) is 35.5 Å². The van der Waals surface area contributed by atoms with Crippen LogP contribution in [0.3, 0.4) is 0 Å². The lowest BCUT2D eigenvalue weighted by Crippen LogP contribution is -2.38. The number of rotatable bonds is 6. The van der Waals surface area contributed by atoms with Crippen molar-refractivity contribution in [3.63, 3.8) is 0 Å². The lowest BCUT2D eigenvalue weighted by molar-refractivity contribution is 0.132. The summed E-state index contributed by atoms with van der Waals surface area (Å²) in [7, 11) is 0. The van der Waals surface area contributed by atoms with E-state index >= 15 is 0 Å². The molecule has 0 aromatic heterocycles. The maximum Gasteiger partial charge on any atom is 0.0460 e. The van der Waals surface area contributed by atoms with Crippen LogP contribution >= 0.6 is 0 Å². The van der Waals surface area contributed by atoms with Crippen LogP contribution in [-0.4, -0.2) is 42.8 Å². The van der Waals surface area contributed by atoms with Crippen LogP contribution in [0, 0.1) is 19.8 Å². The molecular formula is C17H28N2O. The Morgan fingerprint density at radius 2 is 1.80 bits per heavy atom. The first-order chi connectivity index (χ1) is 9.67. The highest BCUT2D eigenvalue weighted by atomic mass is 16.3. The summed E-state index contributed by atoms with van der Waals surface area (Å²) in [5.41, 5.74) is 4.06. The van der Waals surface area contributed by atoms with Crippen LogP contribution in [0.2, 0.25) is 0 Å². The second-order valence-electron chi connectivity index (χ2n) is 6.14. The maximum absolute atomic E-state index is 9.13. The summed E-state index contributed by atoms with van der Waals surface area (Å²) in [5, 5.41) is 12.7. The molecule has 3 heteroatoms. The number of aliphatic hydroxyl groups is 1. The van der Waals surface area contributed by atoms with Gasteiger partial charge in [0, 0.05) is 26.2 Å². The van der Waals surface area contributed by atoms with Crippen LogP contribution in [0.25, 0.3) is 0 Å². The lowest BCUT2D eigenvalue weighted by atomic mass is 9.98. The van der Waals surface area contributed by atoms with Crippen molar-refractivity contribution in [1.82, 2.24) is 10.2 Å². The van der Waals surface area contributed by atoms with Crippen molar-refractivity contribution in [3.8, 4) is 0 Å². The summed E-state index contributed by atoms with van der Waals surface area (Å²) >= 11 is 0. The number of nitrogens with zero attached hydrogens (tertiary/aromatic N) is 1. The molecule has 0 unspecified atom stereocenters. The maximum atomic E-state index is 9.13. The van der Waals surface area contributed by atoms with Gasteiger partial charge in [0.1, 0.15) is 0 Å². The summed E-state index contributed by atoms with van der Waals surface area (Å²) in [5.74, 6) is 0.537. The fourth-order valence-corrected chi connectivity index (χ4v) is 3.03. The third-order valence-electron chi connectivity index (χ3n) is 4.18. The fourth-order valence-electron chi connectivity index (χ4n) is 3.03. The Balaban J connectivity index is 1.64. The SMILES string of the molecule is Cc1cc(C)cc(CNCCN2CCC(CO)CC2)c1. The highest BCUT2D eigenvalue weighted by Gasteiger charge is 2.17. The van der Waals surface area contributed by atoms with Gasteiger partial charge in [-0.3, -0.25) is 0 Å². The summed E-state index contributed by atoms with van der Waals surface area (Å²) in [6.07, 6.45) is 2.29. The molecular weight excluding hydrogens is 248 g/mol. The van der Waals surface area contributed by atoms with Gasteiger partial charge in [0.2, 0.25) is 0 Å². The van der Waals surface area contributed by atoms with Gasteiger partial charge >= 0.3 is 0 Å². The monoisotopic (exact) mass is 276 g/mol. The molecule has 0 aliphatic carbocycles. The molecule has 0 amide bonds. The summed E-state index contributed by atoms with van der Waals surface area (Å²) < 4.78 is 0. The zero-order chi connectivity index (χ0) is 14.4. The van der Waals surface area contributed by atoms with Crippen molar-refractivity contribution in [1.29, 1.82) is 0 Å². The van der Waals surface area contributed by atoms with E-state index in [4.69, 9.17) is 5.11 Å². The number of nitrogens with one attached hydrogen (secondary N) is 1. The molecule has 0 bridgehead atoms. The van der Waals surface area contributed by atoms with E-state index in [1.54, 1.807) is 0 Å². The first kappa shape index (κ1) is 15.5. The van der Waals surface area contributed by atoms with Gasteiger partial charge in [-0.25, -0.2) is 0 Å². The number of benzene rings is 1. The smallest absolute Gasteiger partial charge is 0.0460 e. The van der Waals surface area contributed by atoms with Gasteiger partial charge in [0.25, 0.3) is 0 Å². The highest BCUT2D eigenvalue weighted by molar-refractivity contribution is 5.28. The largest absolute Gasteiger partial charge is 0.396 e. The van der Waals surface area contributed by atoms with Gasteiger partial charge in [-0.1, -0.05) is 29.3 Å². The lowest BCUT2D eigenvalue weighted by Gasteiger charge is -2.31. The number of piperidine rings is 1. The molecule has 0 radical (unpaired) electrons. The van der Waals surface area contributed by atoms with Crippen molar-refractivity contribution in [3.05, 3.63) is 34.9 Å². The van der Waals surface area contributed by atoms with Gasteiger partial charge < -0.3 is 15.3 Å². The molecule has 0 atom stereocenters. The van der Waals surface area contributed by atoms with E-state index in [-0.39, 0.29) is 0 Å². The third kappa shape index (κ3) is 4.89. The number of aryl methyl sites for hydroxylation is 2. The zero-order valence-corrected chi connectivity index (χ0v) is 12.9. The zero-order valence-electron chi connectivity index (χ0n) is 12.9. The van der Waals surface area contributed by atoms with E-state index in [2.05, 4.69) is 42.3 Å². The molecule has 0 saturated carbocycles. The van der Waals surface area contributed by atoms with Crippen molar-refractivity contribution >= 4 is 0 Å². The molecule has 0 spiro atoms. The molecule has 1 aliphatic rings. The molecule has 1 aliphatic heterocycles. The molecule has 2 rings (SSSR count). The second-order valence-corrected chi connectivity index (χ2v) is 6.14. The average Bonchev–Trinajstić information content (AvgIpc) is 2.43. The highest BCUT2D eigenvalue weighted by Crippen LogP contribution is 2.15. The molecule has 3 nitrogen and oxygen atoms in total. The number of hydrogen-bond donors (Lipinski definition) is 2. The Labute approximate surface area is 123 Å². The summed E-state index contributed by atoms with van der Waals surface area (Å²) in [6, 6.07) is 6.73. The molecule has 1 aromatic carbocycles. The Morgan fingerprint density at radius 1 is 1.15 bits per heavy atom. The minimum absolute atomic E-state index is 0.360. The Hall–Kier alpha value is -0.900.